The van der Waals surface area contributed by atoms with Crippen molar-refractivity contribution < 1.29 is 0 Å². The highest BCUT2D eigenvalue weighted by molar-refractivity contribution is 5.91. The second-order valence-electron chi connectivity index (χ2n) is 7.81. The van der Waals surface area contributed by atoms with E-state index in [1.165, 1.54) is 28.1 Å². The van der Waals surface area contributed by atoms with Crippen LogP contribution >= 0.6 is 0 Å². The lowest BCUT2D eigenvalue weighted by Gasteiger charge is -2.36. The molecule has 1 aliphatic heterocycles. The van der Waals surface area contributed by atoms with Gasteiger partial charge < -0.3 is 9.80 Å². The number of hydrogen-bond donors (Lipinski definition) is 0. The molecule has 0 fully saturated rings. The molecule has 28 heavy (non-hydrogen) atoms. The van der Waals surface area contributed by atoms with Crippen LogP contribution in [-0.4, -0.2) is 23.0 Å². The van der Waals surface area contributed by atoms with Crippen LogP contribution in [0.2, 0.25) is 0 Å². The maximum Gasteiger partial charge on any atom is 0.104 e. The van der Waals surface area contributed by atoms with E-state index in [4.69, 9.17) is 0 Å². The van der Waals surface area contributed by atoms with Crippen molar-refractivity contribution in [2.45, 2.75) is 26.6 Å². The minimum absolute atomic E-state index is 0.311. The maximum absolute atomic E-state index is 2.58. The Morgan fingerprint density at radius 1 is 0.679 bits per heavy atom. The molecule has 2 nitrogen and oxygen atoms in total. The zero-order chi connectivity index (χ0) is 19.5. The molecular formula is C26H28N2. The van der Waals surface area contributed by atoms with E-state index in [0.717, 1.165) is 6.54 Å². The van der Waals surface area contributed by atoms with Gasteiger partial charge in [0.2, 0.25) is 0 Å². The van der Waals surface area contributed by atoms with Gasteiger partial charge in [0.15, 0.2) is 0 Å². The lowest BCUT2D eigenvalue weighted by molar-refractivity contribution is 0.133. The van der Waals surface area contributed by atoms with Gasteiger partial charge in [-0.2, -0.15) is 0 Å². The van der Waals surface area contributed by atoms with Crippen LogP contribution in [0.25, 0.3) is 11.4 Å². The molecule has 4 rings (SSSR count). The molecule has 0 radical (unpaired) electrons. The monoisotopic (exact) mass is 368 g/mol. The van der Waals surface area contributed by atoms with Crippen LogP contribution in [0.1, 0.15) is 30.5 Å². The summed E-state index contributed by atoms with van der Waals surface area (Å²) in [6, 6.07) is 32.4. The summed E-state index contributed by atoms with van der Waals surface area (Å²) in [5.74, 6) is 0.494. The Bertz CT molecular complexity index is 930. The van der Waals surface area contributed by atoms with Crippen LogP contribution in [0.5, 0.6) is 0 Å². The summed E-state index contributed by atoms with van der Waals surface area (Å²) >= 11 is 0. The predicted molar refractivity (Wildman–Crippen MR) is 118 cm³/mol. The minimum atomic E-state index is 0.311. The van der Waals surface area contributed by atoms with Gasteiger partial charge >= 0.3 is 0 Å². The fourth-order valence-electron chi connectivity index (χ4n) is 4.37. The van der Waals surface area contributed by atoms with Crippen molar-refractivity contribution in [3.05, 3.63) is 108 Å². The summed E-state index contributed by atoms with van der Waals surface area (Å²) in [5.41, 5.74) is 6.50. The van der Waals surface area contributed by atoms with Gasteiger partial charge in [0, 0.05) is 19.2 Å². The number of nitrogens with zero attached hydrogens (tertiary/aromatic N) is 2. The van der Waals surface area contributed by atoms with E-state index >= 15 is 0 Å². The second-order valence-corrected chi connectivity index (χ2v) is 7.81. The van der Waals surface area contributed by atoms with Gasteiger partial charge in [-0.1, -0.05) is 105 Å². The number of rotatable bonds is 5. The van der Waals surface area contributed by atoms with Gasteiger partial charge in [-0.25, -0.2) is 0 Å². The van der Waals surface area contributed by atoms with E-state index in [0.29, 0.717) is 12.1 Å². The predicted octanol–water partition coefficient (Wildman–Crippen LogP) is 5.94. The Kier molecular flexibility index (Phi) is 5.21. The molecule has 0 N–H and O–H groups in total. The molecule has 2 heteroatoms. The molecular weight excluding hydrogens is 340 g/mol. The fraction of sp³-hybridized carbons (Fsp3) is 0.231. The highest BCUT2D eigenvalue weighted by Crippen LogP contribution is 2.43. The number of hydrogen-bond acceptors (Lipinski definition) is 2. The summed E-state index contributed by atoms with van der Waals surface area (Å²) < 4.78 is 0. The topological polar surface area (TPSA) is 6.48 Å². The van der Waals surface area contributed by atoms with Gasteiger partial charge in [-0.15, -0.1) is 0 Å². The molecule has 1 heterocycles. The Morgan fingerprint density at radius 3 is 1.64 bits per heavy atom. The smallest absolute Gasteiger partial charge is 0.104 e. The van der Waals surface area contributed by atoms with Crippen molar-refractivity contribution in [1.82, 2.24) is 9.80 Å². The van der Waals surface area contributed by atoms with Crippen LogP contribution < -0.4 is 0 Å². The van der Waals surface area contributed by atoms with Crippen LogP contribution in [0.15, 0.2) is 91.0 Å². The maximum atomic E-state index is 2.58. The summed E-state index contributed by atoms with van der Waals surface area (Å²) in [6.07, 6.45) is 0.311. The van der Waals surface area contributed by atoms with Gasteiger partial charge in [-0.05, 0) is 17.0 Å². The minimum Gasteiger partial charge on any atom is -0.352 e. The van der Waals surface area contributed by atoms with Crippen LogP contribution in [-0.2, 0) is 6.54 Å². The normalized spacial score (nSPS) is 16.9. The molecule has 1 aliphatic rings. The fourth-order valence-corrected chi connectivity index (χ4v) is 4.37. The Hall–Kier alpha value is -3.00. The van der Waals surface area contributed by atoms with Crippen LogP contribution in [0, 0.1) is 5.92 Å². The average Bonchev–Trinajstić information content (AvgIpc) is 3.02. The van der Waals surface area contributed by atoms with Crippen molar-refractivity contribution in [2.75, 3.05) is 7.05 Å². The van der Waals surface area contributed by atoms with Crippen LogP contribution in [0.4, 0.5) is 0 Å². The van der Waals surface area contributed by atoms with E-state index in [1.807, 2.05) is 0 Å². The van der Waals surface area contributed by atoms with Crippen molar-refractivity contribution in [2.24, 2.45) is 5.92 Å². The van der Waals surface area contributed by atoms with E-state index in [-0.39, 0.29) is 0 Å². The molecule has 0 aromatic heterocycles. The van der Waals surface area contributed by atoms with Gasteiger partial charge in [0.25, 0.3) is 0 Å². The summed E-state index contributed by atoms with van der Waals surface area (Å²) in [4.78, 5) is 5.04. The van der Waals surface area contributed by atoms with Gasteiger partial charge in [0.1, 0.15) is 6.17 Å². The van der Waals surface area contributed by atoms with Crippen molar-refractivity contribution in [3.63, 3.8) is 0 Å². The van der Waals surface area contributed by atoms with Gasteiger partial charge in [0.05, 0.1) is 11.4 Å². The summed E-state index contributed by atoms with van der Waals surface area (Å²) in [5, 5.41) is 0. The molecule has 0 bridgehead atoms. The third-order valence-corrected chi connectivity index (χ3v) is 5.47. The quantitative estimate of drug-likeness (QED) is 0.550. The molecule has 1 atom stereocenters. The SMILES string of the molecule is CC(C)C1N(C)C(c2ccccc2)=C(c2ccccc2)N1Cc1ccccc1. The first-order chi connectivity index (χ1) is 13.7. The number of benzene rings is 3. The van der Waals surface area contributed by atoms with Crippen LogP contribution in [0.3, 0.4) is 0 Å². The Morgan fingerprint density at radius 2 is 1.14 bits per heavy atom. The zero-order valence-electron chi connectivity index (χ0n) is 16.9. The van der Waals surface area contributed by atoms with E-state index in [1.54, 1.807) is 0 Å². The third-order valence-electron chi connectivity index (χ3n) is 5.47. The highest BCUT2D eigenvalue weighted by Gasteiger charge is 2.38. The summed E-state index contributed by atoms with van der Waals surface area (Å²) in [6.45, 7) is 5.53. The van der Waals surface area contributed by atoms with E-state index < -0.39 is 0 Å². The zero-order valence-corrected chi connectivity index (χ0v) is 16.9. The van der Waals surface area contributed by atoms with Crippen molar-refractivity contribution in [1.29, 1.82) is 0 Å². The highest BCUT2D eigenvalue weighted by atomic mass is 15.4. The molecule has 0 spiro atoms. The summed E-state index contributed by atoms with van der Waals surface area (Å²) in [7, 11) is 2.24. The average molecular weight is 369 g/mol. The molecule has 0 aliphatic carbocycles. The van der Waals surface area contributed by atoms with Crippen molar-refractivity contribution in [3.8, 4) is 0 Å². The van der Waals surface area contributed by atoms with E-state index in [2.05, 4.69) is 122 Å². The standard InChI is InChI=1S/C26H28N2/c1-20(2)26-27(3)24(22-15-9-5-10-16-22)25(23-17-11-6-12-18-23)28(26)19-21-13-7-4-8-14-21/h4-18,20,26H,19H2,1-3H3. The first kappa shape index (κ1) is 18.4. The Balaban J connectivity index is 1.90. The molecule has 0 amide bonds. The lowest BCUT2D eigenvalue weighted by Crippen LogP contribution is -2.41. The van der Waals surface area contributed by atoms with E-state index in [9.17, 15) is 0 Å². The second kappa shape index (κ2) is 7.93. The molecule has 142 valence electrons. The Labute approximate surface area is 168 Å². The molecule has 0 saturated heterocycles. The molecule has 0 saturated carbocycles. The largest absolute Gasteiger partial charge is 0.352 e. The molecule has 3 aromatic rings. The lowest BCUT2D eigenvalue weighted by atomic mass is 10.0. The molecule has 1 unspecified atom stereocenters. The first-order valence-electron chi connectivity index (χ1n) is 10.1. The first-order valence-corrected chi connectivity index (χ1v) is 10.1. The van der Waals surface area contributed by atoms with Crippen molar-refractivity contribution >= 4 is 11.4 Å². The third kappa shape index (κ3) is 3.43. The van der Waals surface area contributed by atoms with Gasteiger partial charge in [-0.3, -0.25) is 0 Å². The molecule has 3 aromatic carbocycles.